The van der Waals surface area contributed by atoms with E-state index in [2.05, 4.69) is 25.2 Å². The SMILES string of the molecule is CC1=CC2(CC=CC2)CCC1. The number of allylic oxidation sites excluding steroid dienone is 4. The summed E-state index contributed by atoms with van der Waals surface area (Å²) in [5.41, 5.74) is 2.18. The molecule has 0 unspecified atom stereocenters. The maximum absolute atomic E-state index is 2.52. The van der Waals surface area contributed by atoms with Gasteiger partial charge in [-0.25, -0.2) is 0 Å². The second-order valence-corrected chi connectivity index (χ2v) is 4.09. The summed E-state index contributed by atoms with van der Waals surface area (Å²) in [6.45, 7) is 2.28. The molecule has 0 heterocycles. The lowest BCUT2D eigenvalue weighted by molar-refractivity contribution is 0.346. The molecule has 2 rings (SSSR count). The summed E-state index contributed by atoms with van der Waals surface area (Å²) in [5, 5.41) is 0. The molecule has 0 N–H and O–H groups in total. The van der Waals surface area contributed by atoms with Crippen LogP contribution < -0.4 is 0 Å². The van der Waals surface area contributed by atoms with Crippen molar-refractivity contribution in [2.75, 3.05) is 0 Å². The molecule has 0 aromatic heterocycles. The van der Waals surface area contributed by atoms with E-state index in [9.17, 15) is 0 Å². The summed E-state index contributed by atoms with van der Waals surface area (Å²) in [4.78, 5) is 0. The first-order chi connectivity index (χ1) is 5.31. The fourth-order valence-corrected chi connectivity index (χ4v) is 2.43. The van der Waals surface area contributed by atoms with Crippen LogP contribution in [0, 0.1) is 5.41 Å². The smallest absolute Gasteiger partial charge is 0.00467 e. The van der Waals surface area contributed by atoms with Gasteiger partial charge in [-0.15, -0.1) is 0 Å². The maximum Gasteiger partial charge on any atom is -0.00467 e. The summed E-state index contributed by atoms with van der Waals surface area (Å²) in [6.07, 6.45) is 14.0. The van der Waals surface area contributed by atoms with Crippen LogP contribution in [0.3, 0.4) is 0 Å². The van der Waals surface area contributed by atoms with E-state index in [0.717, 1.165) is 0 Å². The van der Waals surface area contributed by atoms with Crippen molar-refractivity contribution in [3.05, 3.63) is 23.8 Å². The van der Waals surface area contributed by atoms with Crippen LogP contribution in [0.4, 0.5) is 0 Å². The van der Waals surface area contributed by atoms with E-state index in [1.54, 1.807) is 5.57 Å². The van der Waals surface area contributed by atoms with Gasteiger partial charge in [-0.2, -0.15) is 0 Å². The minimum atomic E-state index is 0.572. The molecule has 11 heavy (non-hydrogen) atoms. The van der Waals surface area contributed by atoms with Gasteiger partial charge in [0, 0.05) is 0 Å². The molecule has 0 saturated heterocycles. The van der Waals surface area contributed by atoms with Gasteiger partial charge in [-0.3, -0.25) is 0 Å². The quantitative estimate of drug-likeness (QED) is 0.461. The first-order valence-corrected chi connectivity index (χ1v) is 4.64. The highest BCUT2D eigenvalue weighted by Crippen LogP contribution is 2.43. The largest absolute Gasteiger partial charge is 0.0876 e. The molecule has 0 nitrogen and oxygen atoms in total. The van der Waals surface area contributed by atoms with Crippen molar-refractivity contribution in [3.8, 4) is 0 Å². The number of hydrogen-bond acceptors (Lipinski definition) is 0. The van der Waals surface area contributed by atoms with Crippen LogP contribution in [0.15, 0.2) is 23.8 Å². The minimum absolute atomic E-state index is 0.572. The number of hydrogen-bond donors (Lipinski definition) is 0. The molecule has 0 aromatic rings. The summed E-state index contributed by atoms with van der Waals surface area (Å²) >= 11 is 0. The van der Waals surface area contributed by atoms with Crippen LogP contribution >= 0.6 is 0 Å². The first-order valence-electron chi connectivity index (χ1n) is 4.64. The van der Waals surface area contributed by atoms with Gasteiger partial charge < -0.3 is 0 Å². The van der Waals surface area contributed by atoms with Gasteiger partial charge in [-0.05, 0) is 44.4 Å². The normalized spacial score (nSPS) is 27.5. The van der Waals surface area contributed by atoms with Gasteiger partial charge >= 0.3 is 0 Å². The first kappa shape index (κ1) is 7.15. The van der Waals surface area contributed by atoms with Gasteiger partial charge in [0.2, 0.25) is 0 Å². The fraction of sp³-hybridized carbons (Fsp3) is 0.636. The van der Waals surface area contributed by atoms with Crippen molar-refractivity contribution in [2.24, 2.45) is 5.41 Å². The van der Waals surface area contributed by atoms with Crippen LogP contribution in [0.2, 0.25) is 0 Å². The Labute approximate surface area is 69.0 Å². The molecule has 0 heteroatoms. The zero-order valence-corrected chi connectivity index (χ0v) is 7.27. The van der Waals surface area contributed by atoms with Crippen molar-refractivity contribution < 1.29 is 0 Å². The molecule has 0 fully saturated rings. The van der Waals surface area contributed by atoms with E-state index in [4.69, 9.17) is 0 Å². The summed E-state index contributed by atoms with van der Waals surface area (Å²) in [5.74, 6) is 0. The predicted octanol–water partition coefficient (Wildman–Crippen LogP) is 3.45. The molecular weight excluding hydrogens is 132 g/mol. The molecule has 0 atom stereocenters. The lowest BCUT2D eigenvalue weighted by atomic mass is 9.75. The number of rotatable bonds is 0. The van der Waals surface area contributed by atoms with E-state index >= 15 is 0 Å². The molecule has 60 valence electrons. The molecule has 0 bridgehead atoms. The summed E-state index contributed by atoms with van der Waals surface area (Å²) in [6, 6.07) is 0. The zero-order valence-electron chi connectivity index (χ0n) is 7.27. The van der Waals surface area contributed by atoms with Crippen LogP contribution in [0.25, 0.3) is 0 Å². The van der Waals surface area contributed by atoms with Crippen LogP contribution in [0.1, 0.15) is 39.0 Å². The minimum Gasteiger partial charge on any atom is -0.0876 e. The van der Waals surface area contributed by atoms with Crippen LogP contribution in [-0.4, -0.2) is 0 Å². The van der Waals surface area contributed by atoms with Crippen molar-refractivity contribution in [1.82, 2.24) is 0 Å². The Hall–Kier alpha value is -0.520. The zero-order chi connectivity index (χ0) is 7.73. The van der Waals surface area contributed by atoms with E-state index < -0.39 is 0 Å². The Bertz CT molecular complexity index is 200. The topological polar surface area (TPSA) is 0 Å². The Balaban J connectivity index is 2.19. The predicted molar refractivity (Wildman–Crippen MR) is 48.4 cm³/mol. The Kier molecular flexibility index (Phi) is 1.63. The molecule has 2 aliphatic rings. The third kappa shape index (κ3) is 1.26. The van der Waals surface area contributed by atoms with E-state index in [0.29, 0.717) is 5.41 Å². The van der Waals surface area contributed by atoms with E-state index in [-0.39, 0.29) is 0 Å². The molecule has 2 aliphatic carbocycles. The van der Waals surface area contributed by atoms with Gasteiger partial charge in [0.15, 0.2) is 0 Å². The second-order valence-electron chi connectivity index (χ2n) is 4.09. The monoisotopic (exact) mass is 148 g/mol. The fourth-order valence-electron chi connectivity index (χ4n) is 2.43. The van der Waals surface area contributed by atoms with Crippen molar-refractivity contribution in [2.45, 2.75) is 39.0 Å². The summed E-state index contributed by atoms with van der Waals surface area (Å²) < 4.78 is 0. The van der Waals surface area contributed by atoms with E-state index in [1.807, 2.05) is 0 Å². The standard InChI is InChI=1S/C11H16/c1-10-5-4-8-11(9-10)6-2-3-7-11/h2-3,9H,4-8H2,1H3. The van der Waals surface area contributed by atoms with Crippen molar-refractivity contribution >= 4 is 0 Å². The van der Waals surface area contributed by atoms with Gasteiger partial charge in [0.1, 0.15) is 0 Å². The highest BCUT2D eigenvalue weighted by molar-refractivity contribution is 5.18. The highest BCUT2D eigenvalue weighted by atomic mass is 14.3. The van der Waals surface area contributed by atoms with Crippen molar-refractivity contribution in [1.29, 1.82) is 0 Å². The molecule has 0 saturated carbocycles. The lowest BCUT2D eigenvalue weighted by Gasteiger charge is -2.30. The molecule has 1 spiro atoms. The van der Waals surface area contributed by atoms with Crippen molar-refractivity contribution in [3.63, 3.8) is 0 Å². The third-order valence-corrected chi connectivity index (χ3v) is 3.01. The molecule has 0 radical (unpaired) electrons. The highest BCUT2D eigenvalue weighted by Gasteiger charge is 2.30. The molecule has 0 aromatic carbocycles. The van der Waals surface area contributed by atoms with E-state index in [1.165, 1.54) is 32.1 Å². The Morgan fingerprint density at radius 3 is 2.64 bits per heavy atom. The van der Waals surface area contributed by atoms with Gasteiger partial charge in [-0.1, -0.05) is 23.8 Å². The van der Waals surface area contributed by atoms with Crippen LogP contribution in [0.5, 0.6) is 0 Å². The second kappa shape index (κ2) is 2.51. The third-order valence-electron chi connectivity index (χ3n) is 3.01. The summed E-state index contributed by atoms with van der Waals surface area (Å²) in [7, 11) is 0. The van der Waals surface area contributed by atoms with Gasteiger partial charge in [0.25, 0.3) is 0 Å². The Morgan fingerprint density at radius 1 is 1.27 bits per heavy atom. The van der Waals surface area contributed by atoms with Gasteiger partial charge in [0.05, 0.1) is 0 Å². The molecular formula is C11H16. The average molecular weight is 148 g/mol. The lowest BCUT2D eigenvalue weighted by Crippen LogP contribution is -2.17. The Morgan fingerprint density at radius 2 is 2.00 bits per heavy atom. The molecule has 0 amide bonds. The van der Waals surface area contributed by atoms with Crippen LogP contribution in [-0.2, 0) is 0 Å². The average Bonchev–Trinajstić information content (AvgIpc) is 2.37. The maximum atomic E-state index is 2.52. The molecule has 0 aliphatic heterocycles.